The van der Waals surface area contributed by atoms with E-state index in [-0.39, 0.29) is 18.9 Å². The number of carboxylic acid groups (broad SMARTS) is 1. The van der Waals surface area contributed by atoms with Crippen LogP contribution in [0.3, 0.4) is 0 Å². The second-order valence-corrected chi connectivity index (χ2v) is 4.21. The number of alkyl halides is 3. The second-order valence-electron chi connectivity index (χ2n) is 4.21. The van der Waals surface area contributed by atoms with Crippen LogP contribution in [0.25, 0.3) is 0 Å². The Morgan fingerprint density at radius 1 is 1.33 bits per heavy atom. The van der Waals surface area contributed by atoms with Gasteiger partial charge in [0.15, 0.2) is 0 Å². The van der Waals surface area contributed by atoms with Gasteiger partial charge in [0, 0.05) is 13.5 Å². The molecule has 0 aliphatic carbocycles. The summed E-state index contributed by atoms with van der Waals surface area (Å²) in [5.41, 5.74) is 0. The Labute approximate surface area is 118 Å². The summed E-state index contributed by atoms with van der Waals surface area (Å²) in [6, 6.07) is -1.03. The predicted octanol–water partition coefficient (Wildman–Crippen LogP) is -0.0931. The molecule has 10 heteroatoms. The average molecular weight is 314 g/mol. The molecule has 0 bridgehead atoms. The zero-order valence-corrected chi connectivity index (χ0v) is 11.5. The lowest BCUT2D eigenvalue weighted by molar-refractivity contribution is -0.175. The molecule has 1 aliphatic heterocycles. The van der Waals surface area contributed by atoms with Crippen molar-refractivity contribution in [3.63, 3.8) is 0 Å². The first-order valence-electron chi connectivity index (χ1n) is 5.95. The number of ether oxygens (including phenoxy) is 1. The molecular weight excluding hydrogens is 297 g/mol. The van der Waals surface area contributed by atoms with Crippen LogP contribution in [0.1, 0.15) is 13.3 Å². The van der Waals surface area contributed by atoms with E-state index < -0.39 is 30.0 Å². The van der Waals surface area contributed by atoms with Gasteiger partial charge < -0.3 is 20.5 Å². The molecule has 1 aliphatic rings. The summed E-state index contributed by atoms with van der Waals surface area (Å²) in [4.78, 5) is 31.0. The molecule has 1 fully saturated rings. The minimum atomic E-state index is -4.99. The molecule has 21 heavy (non-hydrogen) atoms. The zero-order chi connectivity index (χ0) is 16.6. The van der Waals surface area contributed by atoms with E-state index in [4.69, 9.17) is 5.11 Å². The number of aliphatic carboxylic acids is 1. The fourth-order valence-electron chi connectivity index (χ4n) is 1.56. The fourth-order valence-corrected chi connectivity index (χ4v) is 1.56. The summed E-state index contributed by atoms with van der Waals surface area (Å²) in [7, 11) is 1.35. The van der Waals surface area contributed by atoms with Gasteiger partial charge in [0.05, 0.1) is 19.1 Å². The maximum Gasteiger partial charge on any atom is 0.471 e. The molecule has 0 aromatic heterocycles. The molecule has 1 amide bonds. The molecule has 0 saturated carbocycles. The van der Waals surface area contributed by atoms with Crippen LogP contribution in [0.2, 0.25) is 0 Å². The Morgan fingerprint density at radius 3 is 2.24 bits per heavy atom. The number of methoxy groups -OCH3 is 1. The van der Waals surface area contributed by atoms with Crippen LogP contribution >= 0.6 is 0 Å². The average Bonchev–Trinajstić information content (AvgIpc) is 2.38. The van der Waals surface area contributed by atoms with Gasteiger partial charge in [-0.05, 0) is 13.0 Å². The van der Waals surface area contributed by atoms with Crippen molar-refractivity contribution in [1.29, 1.82) is 0 Å². The standard InChI is InChI=1S/C8H11F3N2O3.C3H6O2/c9-8(10,11)7(16)13-5-3-12-2-1-4(5)6(14)15;1-3(4)5-2/h4-5,12H,1-3H2,(H,13,16)(H,14,15);1-2H3. The van der Waals surface area contributed by atoms with Gasteiger partial charge in [-0.25, -0.2) is 0 Å². The minimum absolute atomic E-state index is 0.0266. The van der Waals surface area contributed by atoms with Crippen LogP contribution in [0, 0.1) is 5.92 Å². The van der Waals surface area contributed by atoms with Crippen LogP contribution in [-0.2, 0) is 19.1 Å². The van der Waals surface area contributed by atoms with Gasteiger partial charge in [0.1, 0.15) is 0 Å². The van der Waals surface area contributed by atoms with E-state index in [1.54, 1.807) is 5.32 Å². The van der Waals surface area contributed by atoms with E-state index >= 15 is 0 Å². The van der Waals surface area contributed by atoms with E-state index in [0.29, 0.717) is 6.54 Å². The second kappa shape index (κ2) is 8.45. The van der Waals surface area contributed by atoms with Crippen LogP contribution in [0.4, 0.5) is 13.2 Å². The molecular formula is C11H17F3N2O5. The van der Waals surface area contributed by atoms with E-state index in [1.807, 2.05) is 0 Å². The molecule has 2 unspecified atom stereocenters. The summed E-state index contributed by atoms with van der Waals surface area (Å²) in [6.45, 7) is 1.80. The van der Waals surface area contributed by atoms with Gasteiger partial charge in [-0.15, -0.1) is 0 Å². The number of piperidine rings is 1. The molecule has 2 atom stereocenters. The zero-order valence-electron chi connectivity index (χ0n) is 11.5. The number of nitrogens with one attached hydrogen (secondary N) is 2. The van der Waals surface area contributed by atoms with Crippen LogP contribution in [-0.4, -0.2) is 55.4 Å². The third-order valence-electron chi connectivity index (χ3n) is 2.66. The van der Waals surface area contributed by atoms with Crippen molar-refractivity contribution in [2.75, 3.05) is 20.2 Å². The number of hydrogen-bond donors (Lipinski definition) is 3. The van der Waals surface area contributed by atoms with Gasteiger partial charge in [0.2, 0.25) is 0 Å². The summed E-state index contributed by atoms with van der Waals surface area (Å²) in [5, 5.41) is 13.2. The number of carbonyl (C=O) groups excluding carboxylic acids is 2. The van der Waals surface area contributed by atoms with Gasteiger partial charge in [0.25, 0.3) is 0 Å². The van der Waals surface area contributed by atoms with E-state index in [1.165, 1.54) is 14.0 Å². The van der Waals surface area contributed by atoms with Crippen molar-refractivity contribution in [3.8, 4) is 0 Å². The highest BCUT2D eigenvalue weighted by molar-refractivity contribution is 5.83. The molecule has 0 spiro atoms. The summed E-state index contributed by atoms with van der Waals surface area (Å²) in [5.74, 6) is -4.53. The molecule has 7 nitrogen and oxygen atoms in total. The predicted molar refractivity (Wildman–Crippen MR) is 64.3 cm³/mol. The third kappa shape index (κ3) is 7.49. The molecule has 1 heterocycles. The molecule has 3 N–H and O–H groups in total. The largest absolute Gasteiger partial charge is 0.481 e. The highest BCUT2D eigenvalue weighted by atomic mass is 19.4. The maximum atomic E-state index is 12.0. The Balaban J connectivity index is 0.000000690. The lowest BCUT2D eigenvalue weighted by atomic mass is 9.93. The Morgan fingerprint density at radius 2 is 1.86 bits per heavy atom. The minimum Gasteiger partial charge on any atom is -0.481 e. The van der Waals surface area contributed by atoms with E-state index in [9.17, 15) is 27.6 Å². The van der Waals surface area contributed by atoms with Gasteiger partial charge in [-0.1, -0.05) is 0 Å². The molecule has 1 rings (SSSR count). The number of rotatable bonds is 2. The summed E-state index contributed by atoms with van der Waals surface area (Å²) >= 11 is 0. The quantitative estimate of drug-likeness (QED) is 0.615. The van der Waals surface area contributed by atoms with Gasteiger partial charge in [-0.3, -0.25) is 14.4 Å². The smallest absolute Gasteiger partial charge is 0.471 e. The summed E-state index contributed by atoms with van der Waals surface area (Å²) in [6.07, 6.45) is -4.79. The lowest BCUT2D eigenvalue weighted by Crippen LogP contribution is -2.55. The van der Waals surface area contributed by atoms with E-state index in [0.717, 1.165) is 0 Å². The molecule has 0 radical (unpaired) electrons. The van der Waals surface area contributed by atoms with Gasteiger partial charge >= 0.3 is 24.0 Å². The van der Waals surface area contributed by atoms with Crippen LogP contribution in [0.5, 0.6) is 0 Å². The van der Waals surface area contributed by atoms with E-state index in [2.05, 4.69) is 10.1 Å². The highest BCUT2D eigenvalue weighted by Gasteiger charge is 2.42. The Bertz CT molecular complexity index is 387. The van der Waals surface area contributed by atoms with Crippen molar-refractivity contribution >= 4 is 17.8 Å². The Hall–Kier alpha value is -1.84. The Kier molecular flexibility index (Phi) is 7.71. The lowest BCUT2D eigenvalue weighted by Gasteiger charge is -2.30. The molecule has 0 aromatic rings. The first-order valence-corrected chi connectivity index (χ1v) is 5.95. The normalized spacial score (nSPS) is 21.6. The van der Waals surface area contributed by atoms with Crippen molar-refractivity contribution in [2.45, 2.75) is 25.6 Å². The van der Waals surface area contributed by atoms with Crippen LogP contribution in [0.15, 0.2) is 0 Å². The molecule has 1 saturated heterocycles. The first kappa shape index (κ1) is 19.2. The number of carbonyl (C=O) groups is 3. The van der Waals surface area contributed by atoms with Crippen molar-refractivity contribution in [1.82, 2.24) is 10.6 Å². The number of esters is 1. The molecule has 122 valence electrons. The van der Waals surface area contributed by atoms with Crippen molar-refractivity contribution < 1.29 is 37.4 Å². The number of amides is 1. The number of hydrogen-bond acceptors (Lipinski definition) is 5. The SMILES string of the molecule is COC(C)=O.O=C(O)C1CCNCC1NC(=O)C(F)(F)F. The van der Waals surface area contributed by atoms with Gasteiger partial charge in [-0.2, -0.15) is 13.2 Å². The monoisotopic (exact) mass is 314 g/mol. The van der Waals surface area contributed by atoms with Crippen LogP contribution < -0.4 is 10.6 Å². The first-order chi connectivity index (χ1) is 9.59. The maximum absolute atomic E-state index is 12.0. The fraction of sp³-hybridized carbons (Fsp3) is 0.727. The highest BCUT2D eigenvalue weighted by Crippen LogP contribution is 2.18. The molecule has 0 aromatic carbocycles. The van der Waals surface area contributed by atoms with Crippen molar-refractivity contribution in [3.05, 3.63) is 0 Å². The van der Waals surface area contributed by atoms with Crippen molar-refractivity contribution in [2.24, 2.45) is 5.92 Å². The third-order valence-corrected chi connectivity index (χ3v) is 2.66. The number of halogens is 3. The topological polar surface area (TPSA) is 105 Å². The number of carboxylic acids is 1. The summed E-state index contributed by atoms with van der Waals surface area (Å²) < 4.78 is 40.0.